The number of aromatic nitrogens is 3. The minimum Gasteiger partial charge on any atom is -0.475 e. The lowest BCUT2D eigenvalue weighted by atomic mass is 10.5. The lowest BCUT2D eigenvalue weighted by molar-refractivity contribution is 0.0656. The van der Waals surface area contributed by atoms with E-state index in [4.69, 9.17) is 9.52 Å². The Morgan fingerprint density at radius 3 is 2.83 bits per heavy atom. The van der Waals surface area contributed by atoms with Crippen molar-refractivity contribution >= 4 is 17.7 Å². The van der Waals surface area contributed by atoms with Gasteiger partial charge in [0.25, 0.3) is 0 Å². The van der Waals surface area contributed by atoms with Crippen molar-refractivity contribution in [3.8, 4) is 0 Å². The molecule has 8 nitrogen and oxygen atoms in total. The summed E-state index contributed by atoms with van der Waals surface area (Å²) in [5.74, 6) is -1.41. The number of aromatic carboxylic acids is 1. The van der Waals surface area contributed by atoms with Gasteiger partial charge >= 0.3 is 17.1 Å². The van der Waals surface area contributed by atoms with E-state index in [1.54, 1.807) is 0 Å². The Bertz CT molecular complexity index is 713. The van der Waals surface area contributed by atoms with E-state index in [9.17, 15) is 14.4 Å². The van der Waals surface area contributed by atoms with Crippen LogP contribution in [-0.4, -0.2) is 25.8 Å². The summed E-state index contributed by atoms with van der Waals surface area (Å²) in [7, 11) is 1.50. The van der Waals surface area contributed by atoms with E-state index in [1.807, 2.05) is 0 Å². The van der Waals surface area contributed by atoms with Gasteiger partial charge in [0.2, 0.25) is 5.76 Å². The summed E-state index contributed by atoms with van der Waals surface area (Å²) in [6, 6.07) is 2.72. The van der Waals surface area contributed by atoms with Gasteiger partial charge in [0.05, 0.1) is 0 Å². The van der Waals surface area contributed by atoms with Gasteiger partial charge in [0.1, 0.15) is 0 Å². The van der Waals surface area contributed by atoms with Crippen molar-refractivity contribution < 1.29 is 14.3 Å². The minimum absolute atomic E-state index is 0.186. The summed E-state index contributed by atoms with van der Waals surface area (Å²) in [5, 5.41) is 11.4. The van der Waals surface area contributed by atoms with Gasteiger partial charge in [-0.15, -0.1) is 0 Å². The molecule has 2 heterocycles. The normalized spacial score (nSPS) is 10.5. The van der Waals surface area contributed by atoms with Gasteiger partial charge in [-0.2, -0.15) is 4.98 Å². The first-order chi connectivity index (χ1) is 8.47. The second-order valence-electron chi connectivity index (χ2n) is 3.23. The first kappa shape index (κ1) is 12.2. The van der Waals surface area contributed by atoms with Crippen LogP contribution in [0.4, 0.5) is 0 Å². The van der Waals surface area contributed by atoms with Gasteiger partial charge in [-0.25, -0.2) is 4.79 Å². The van der Waals surface area contributed by atoms with Crippen molar-refractivity contribution in [2.75, 3.05) is 0 Å². The topological polar surface area (TPSA) is 118 Å². The SMILES string of the molecule is Cn1[nH]c(=O)c(=O)nc1Sc1ccc(C(=O)O)o1. The number of hydrogen-bond acceptors (Lipinski definition) is 6. The third-order valence-electron chi connectivity index (χ3n) is 1.93. The Labute approximate surface area is 103 Å². The number of aromatic amines is 1. The molecular weight excluding hydrogens is 262 g/mol. The largest absolute Gasteiger partial charge is 0.475 e. The first-order valence-electron chi connectivity index (χ1n) is 4.65. The van der Waals surface area contributed by atoms with Gasteiger partial charge in [0.15, 0.2) is 10.2 Å². The third kappa shape index (κ3) is 2.35. The van der Waals surface area contributed by atoms with Gasteiger partial charge in [-0.05, 0) is 23.9 Å². The molecule has 2 N–H and O–H groups in total. The molecule has 18 heavy (non-hydrogen) atoms. The van der Waals surface area contributed by atoms with Crippen LogP contribution in [0.3, 0.4) is 0 Å². The van der Waals surface area contributed by atoms with Gasteiger partial charge < -0.3 is 9.52 Å². The highest BCUT2D eigenvalue weighted by Gasteiger charge is 2.12. The molecule has 94 valence electrons. The average molecular weight is 269 g/mol. The zero-order valence-corrected chi connectivity index (χ0v) is 9.85. The highest BCUT2D eigenvalue weighted by atomic mass is 32.2. The fraction of sp³-hybridized carbons (Fsp3) is 0.111. The van der Waals surface area contributed by atoms with E-state index >= 15 is 0 Å². The number of nitrogens with one attached hydrogen (secondary N) is 1. The van der Waals surface area contributed by atoms with Crippen molar-refractivity contribution in [3.63, 3.8) is 0 Å². The van der Waals surface area contributed by atoms with Gasteiger partial charge in [-0.3, -0.25) is 19.4 Å². The number of nitrogens with zero attached hydrogens (tertiary/aromatic N) is 2. The number of aryl methyl sites for hydroxylation is 1. The van der Waals surface area contributed by atoms with Crippen molar-refractivity contribution in [1.29, 1.82) is 0 Å². The zero-order valence-electron chi connectivity index (χ0n) is 9.04. The molecule has 0 fully saturated rings. The second-order valence-corrected chi connectivity index (χ2v) is 4.20. The average Bonchev–Trinajstić information content (AvgIpc) is 2.74. The lowest BCUT2D eigenvalue weighted by Crippen LogP contribution is -2.33. The van der Waals surface area contributed by atoms with E-state index < -0.39 is 17.1 Å². The highest BCUT2D eigenvalue weighted by Crippen LogP contribution is 2.26. The van der Waals surface area contributed by atoms with E-state index in [-0.39, 0.29) is 16.0 Å². The van der Waals surface area contributed by atoms with Crippen LogP contribution in [0.2, 0.25) is 0 Å². The molecule has 9 heteroatoms. The predicted molar refractivity (Wildman–Crippen MR) is 59.9 cm³/mol. The van der Waals surface area contributed by atoms with Crippen LogP contribution < -0.4 is 11.1 Å². The molecule has 0 aliphatic rings. The van der Waals surface area contributed by atoms with Gasteiger partial charge in [-0.1, -0.05) is 0 Å². The van der Waals surface area contributed by atoms with Crippen LogP contribution in [0.25, 0.3) is 0 Å². The smallest absolute Gasteiger partial charge is 0.371 e. The molecule has 0 atom stereocenters. The van der Waals surface area contributed by atoms with E-state index in [0.29, 0.717) is 0 Å². The van der Waals surface area contributed by atoms with Crippen LogP contribution in [0.1, 0.15) is 10.6 Å². The predicted octanol–water partition coefficient (Wildman–Crippen LogP) is -0.0890. The quantitative estimate of drug-likeness (QED) is 0.747. The van der Waals surface area contributed by atoms with Crippen LogP contribution in [-0.2, 0) is 7.05 Å². The Kier molecular flexibility index (Phi) is 3.06. The Morgan fingerprint density at radius 2 is 2.22 bits per heavy atom. The molecule has 0 aliphatic carbocycles. The summed E-state index contributed by atoms with van der Waals surface area (Å²) in [6.45, 7) is 0. The molecule has 0 radical (unpaired) electrons. The summed E-state index contributed by atoms with van der Waals surface area (Å²) >= 11 is 0.927. The molecule has 0 saturated heterocycles. The molecule has 0 bridgehead atoms. The zero-order chi connectivity index (χ0) is 13.3. The third-order valence-corrected chi connectivity index (χ3v) is 2.90. The van der Waals surface area contributed by atoms with Crippen LogP contribution >= 0.6 is 11.8 Å². The summed E-state index contributed by atoms with van der Waals surface area (Å²) in [4.78, 5) is 36.2. The number of carbonyl (C=O) groups is 1. The highest BCUT2D eigenvalue weighted by molar-refractivity contribution is 7.99. The van der Waals surface area contributed by atoms with Crippen LogP contribution in [0.15, 0.2) is 36.4 Å². The molecular formula is C9H7N3O5S. The summed E-state index contributed by atoms with van der Waals surface area (Å²) < 4.78 is 6.24. The van der Waals surface area contributed by atoms with Crippen molar-refractivity contribution in [2.45, 2.75) is 10.2 Å². The maximum Gasteiger partial charge on any atom is 0.371 e. The fourth-order valence-electron chi connectivity index (χ4n) is 1.13. The standard InChI is InChI=1S/C9H7N3O5S/c1-12-9(10-6(13)7(14)11-12)18-5-3-2-4(17-5)8(15)16/h2-3H,1H3,(H,11,14)(H,15,16). The lowest BCUT2D eigenvalue weighted by Gasteiger charge is -2.02. The molecule has 0 unspecified atom stereocenters. The molecule has 2 rings (SSSR count). The number of carboxylic acids is 1. The molecule has 0 amide bonds. The maximum atomic E-state index is 11.1. The van der Waals surface area contributed by atoms with Crippen molar-refractivity contribution in [1.82, 2.24) is 14.8 Å². The molecule has 0 aromatic carbocycles. The maximum absolute atomic E-state index is 11.1. The molecule has 0 saturated carbocycles. The number of carboxylic acid groups (broad SMARTS) is 1. The Balaban J connectivity index is 2.34. The molecule has 2 aromatic rings. The van der Waals surface area contributed by atoms with Crippen molar-refractivity contribution in [2.24, 2.45) is 7.05 Å². The second kappa shape index (κ2) is 4.53. The van der Waals surface area contributed by atoms with Crippen LogP contribution in [0.5, 0.6) is 0 Å². The van der Waals surface area contributed by atoms with Gasteiger partial charge in [0, 0.05) is 7.05 Å². The minimum atomic E-state index is -1.19. The Hall–Kier alpha value is -2.29. The van der Waals surface area contributed by atoms with E-state index in [0.717, 1.165) is 11.8 Å². The summed E-state index contributed by atoms with van der Waals surface area (Å²) in [6.07, 6.45) is 0. The first-order valence-corrected chi connectivity index (χ1v) is 5.47. The van der Waals surface area contributed by atoms with E-state index in [2.05, 4.69) is 10.1 Å². The number of rotatable bonds is 3. The van der Waals surface area contributed by atoms with Crippen molar-refractivity contribution in [3.05, 3.63) is 38.6 Å². The monoisotopic (exact) mass is 269 g/mol. The van der Waals surface area contributed by atoms with Crippen LogP contribution in [0, 0.1) is 0 Å². The molecule has 2 aromatic heterocycles. The molecule has 0 aliphatic heterocycles. The molecule has 0 spiro atoms. The number of hydrogen-bond donors (Lipinski definition) is 2. The fourth-order valence-corrected chi connectivity index (χ4v) is 1.89. The number of H-pyrrole nitrogens is 1. The summed E-state index contributed by atoms with van der Waals surface area (Å²) in [5.41, 5.74) is -1.74. The Morgan fingerprint density at radius 1 is 1.50 bits per heavy atom. The number of furan rings is 1. The van der Waals surface area contributed by atoms with E-state index in [1.165, 1.54) is 23.9 Å².